The Morgan fingerprint density at radius 1 is 0.939 bits per heavy atom. The lowest BCUT2D eigenvalue weighted by Crippen LogP contribution is -2.17. The smallest absolute Gasteiger partial charge is 0.466 e. The van der Waals surface area contributed by atoms with E-state index < -0.39 is 39.8 Å². The molecule has 0 bridgehead atoms. The van der Waals surface area contributed by atoms with Gasteiger partial charge in [0, 0.05) is 0 Å². The minimum absolute atomic E-state index is 0.133. The predicted molar refractivity (Wildman–Crippen MR) is 121 cm³/mol. The summed E-state index contributed by atoms with van der Waals surface area (Å²) in [4.78, 5) is 23.3. The maximum absolute atomic E-state index is 13.0. The largest absolute Gasteiger partial charge is 0.478 e. The summed E-state index contributed by atoms with van der Waals surface area (Å²) in [5.74, 6) is 0.307. The van der Waals surface area contributed by atoms with Crippen LogP contribution >= 0.6 is 7.82 Å². The number of hydrogen-bond acceptors (Lipinski definition) is 9. The average molecular weight is 486 g/mol. The molecule has 10 heteroatoms. The fraction of sp³-hybridized carbons (Fsp3) is 0.652. The number of ether oxygens (including phenoxy) is 3. The zero-order valence-corrected chi connectivity index (χ0v) is 20.9. The van der Waals surface area contributed by atoms with Gasteiger partial charge in [-0.1, -0.05) is 39.0 Å². The van der Waals surface area contributed by atoms with Gasteiger partial charge in [0.15, 0.2) is 20.0 Å². The van der Waals surface area contributed by atoms with Crippen molar-refractivity contribution in [2.75, 3.05) is 33.2 Å². The van der Waals surface area contributed by atoms with Crippen molar-refractivity contribution in [1.29, 1.82) is 0 Å². The normalized spacial score (nSPS) is 14.7. The molecular formula is C23H35O9P. The number of hydrogen-bond donors (Lipinski definition) is 0. The Hall–Kier alpha value is -1.93. The molecule has 0 unspecified atom stereocenters. The third kappa shape index (κ3) is 8.74. The third-order valence-electron chi connectivity index (χ3n) is 5.22. The Balaban J connectivity index is 2.11. The van der Waals surface area contributed by atoms with E-state index in [9.17, 15) is 14.2 Å². The topological polar surface area (TPSA) is 107 Å². The summed E-state index contributed by atoms with van der Waals surface area (Å²) < 4.78 is 43.9. The van der Waals surface area contributed by atoms with Crippen LogP contribution in [-0.2, 0) is 37.2 Å². The maximum atomic E-state index is 13.0. The summed E-state index contributed by atoms with van der Waals surface area (Å²) >= 11 is 0. The van der Waals surface area contributed by atoms with E-state index in [1.807, 2.05) is 18.2 Å². The molecule has 1 fully saturated rings. The van der Waals surface area contributed by atoms with Crippen LogP contribution in [0.1, 0.15) is 70.4 Å². The molecule has 1 aliphatic carbocycles. The number of carbonyl (C=O) groups is 2. The number of benzene rings is 1. The molecule has 1 aliphatic rings. The Morgan fingerprint density at radius 2 is 1.48 bits per heavy atom. The Morgan fingerprint density at radius 3 is 1.97 bits per heavy atom. The van der Waals surface area contributed by atoms with Crippen molar-refractivity contribution >= 4 is 19.8 Å². The van der Waals surface area contributed by atoms with Gasteiger partial charge in [-0.05, 0) is 55.6 Å². The first kappa shape index (κ1) is 27.3. The zero-order valence-electron chi connectivity index (χ0n) is 20.0. The van der Waals surface area contributed by atoms with Gasteiger partial charge in [-0.3, -0.25) is 9.05 Å². The average Bonchev–Trinajstić information content (AvgIpc) is 3.62. The van der Waals surface area contributed by atoms with Gasteiger partial charge in [-0.15, -0.1) is 0 Å². The molecule has 9 nitrogen and oxygen atoms in total. The molecule has 0 radical (unpaired) electrons. The highest BCUT2D eigenvalue weighted by atomic mass is 31.2. The number of phosphoric ester groups is 1. The molecule has 1 atom stereocenters. The van der Waals surface area contributed by atoms with Gasteiger partial charge >= 0.3 is 19.8 Å². The van der Waals surface area contributed by atoms with Gasteiger partial charge in [0.25, 0.3) is 0 Å². The lowest BCUT2D eigenvalue weighted by molar-refractivity contribution is -0.147. The van der Waals surface area contributed by atoms with Crippen LogP contribution in [0.25, 0.3) is 0 Å². The molecule has 2 rings (SSSR count). The van der Waals surface area contributed by atoms with Crippen LogP contribution in [0.4, 0.5) is 0 Å². The lowest BCUT2D eigenvalue weighted by Gasteiger charge is -2.23. The molecule has 0 aliphatic heterocycles. The molecule has 33 heavy (non-hydrogen) atoms. The lowest BCUT2D eigenvalue weighted by atomic mass is 9.90. The second kappa shape index (κ2) is 13.1. The van der Waals surface area contributed by atoms with Crippen molar-refractivity contribution in [2.45, 2.75) is 59.3 Å². The van der Waals surface area contributed by atoms with Crippen LogP contribution < -0.4 is 4.74 Å². The highest BCUT2D eigenvalue weighted by molar-refractivity contribution is 7.48. The van der Waals surface area contributed by atoms with E-state index in [0.29, 0.717) is 17.6 Å². The first-order valence-corrected chi connectivity index (χ1v) is 12.8. The first-order chi connectivity index (χ1) is 15.7. The van der Waals surface area contributed by atoms with Crippen LogP contribution in [0, 0.1) is 5.92 Å². The standard InChI is InChI=1S/C23H35O9P/c1-6-27-21(24)13-30-33(26,31-14-22(25)28-7-2)32-15-29-23-19(16(3)4)9-8-10-20(23)17(5)18-11-12-18/h8-10,16-18H,6-7,11-15H2,1-5H3/t17-/m1/s1. The fourth-order valence-corrected chi connectivity index (χ4v) is 4.27. The van der Waals surface area contributed by atoms with Crippen molar-refractivity contribution in [3.05, 3.63) is 29.3 Å². The summed E-state index contributed by atoms with van der Waals surface area (Å²) in [7, 11) is -4.32. The van der Waals surface area contributed by atoms with E-state index in [1.54, 1.807) is 13.8 Å². The molecule has 0 spiro atoms. The number of esters is 2. The second-order valence-electron chi connectivity index (χ2n) is 8.04. The zero-order chi connectivity index (χ0) is 24.4. The SMILES string of the molecule is CCOC(=O)COP(=O)(OCOc1c(C(C)C)cccc1[C@H](C)C1CC1)OCC(=O)OCC. The van der Waals surface area contributed by atoms with Crippen LogP contribution in [0.15, 0.2) is 18.2 Å². The molecule has 0 amide bonds. The van der Waals surface area contributed by atoms with Gasteiger partial charge in [0.05, 0.1) is 13.2 Å². The molecule has 0 heterocycles. The molecule has 0 aromatic heterocycles. The first-order valence-electron chi connectivity index (χ1n) is 11.3. The highest BCUT2D eigenvalue weighted by Gasteiger charge is 2.33. The van der Waals surface area contributed by atoms with Gasteiger partial charge in [-0.2, -0.15) is 0 Å². The maximum Gasteiger partial charge on any atom is 0.478 e. The molecule has 1 saturated carbocycles. The summed E-state index contributed by atoms with van der Waals surface area (Å²) in [5, 5.41) is 0. The van der Waals surface area contributed by atoms with Gasteiger partial charge < -0.3 is 14.2 Å². The van der Waals surface area contributed by atoms with Crippen LogP contribution in [-0.4, -0.2) is 45.2 Å². The summed E-state index contributed by atoms with van der Waals surface area (Å²) in [6.07, 6.45) is 2.36. The van der Waals surface area contributed by atoms with E-state index in [-0.39, 0.29) is 19.1 Å². The van der Waals surface area contributed by atoms with Gasteiger partial charge in [0.1, 0.15) is 5.75 Å². The molecule has 0 saturated heterocycles. The molecule has 0 N–H and O–H groups in total. The minimum atomic E-state index is -4.32. The van der Waals surface area contributed by atoms with Crippen molar-refractivity contribution in [1.82, 2.24) is 0 Å². The molecular weight excluding hydrogens is 451 g/mol. The molecule has 1 aromatic rings. The summed E-state index contributed by atoms with van der Waals surface area (Å²) in [6.45, 7) is 8.02. The van der Waals surface area contributed by atoms with Crippen molar-refractivity contribution in [2.24, 2.45) is 5.92 Å². The predicted octanol–water partition coefficient (Wildman–Crippen LogP) is 4.94. The highest BCUT2D eigenvalue weighted by Crippen LogP contribution is 2.50. The third-order valence-corrected chi connectivity index (χ3v) is 6.54. The minimum Gasteiger partial charge on any atom is -0.466 e. The fourth-order valence-electron chi connectivity index (χ4n) is 3.33. The Bertz CT molecular complexity index is 809. The Kier molecular flexibility index (Phi) is 10.8. The summed E-state index contributed by atoms with van der Waals surface area (Å²) in [5.41, 5.74) is 2.06. The van der Waals surface area contributed by atoms with E-state index in [0.717, 1.165) is 11.1 Å². The quantitative estimate of drug-likeness (QED) is 0.193. The van der Waals surface area contributed by atoms with Crippen LogP contribution in [0.3, 0.4) is 0 Å². The monoisotopic (exact) mass is 486 g/mol. The van der Waals surface area contributed by atoms with Gasteiger partial charge in [-0.25, -0.2) is 18.7 Å². The number of rotatable bonds is 15. The van der Waals surface area contributed by atoms with Crippen molar-refractivity contribution < 1.29 is 41.9 Å². The van der Waals surface area contributed by atoms with E-state index in [4.69, 9.17) is 27.8 Å². The van der Waals surface area contributed by atoms with E-state index in [2.05, 4.69) is 20.8 Å². The molecule has 1 aromatic carbocycles. The number of phosphoric acid groups is 1. The van der Waals surface area contributed by atoms with E-state index >= 15 is 0 Å². The van der Waals surface area contributed by atoms with Gasteiger partial charge in [0.2, 0.25) is 0 Å². The van der Waals surface area contributed by atoms with Crippen molar-refractivity contribution in [3.8, 4) is 5.75 Å². The Labute approximate surface area is 195 Å². The number of para-hydroxylation sites is 1. The second-order valence-corrected chi connectivity index (χ2v) is 9.71. The van der Waals surface area contributed by atoms with Crippen molar-refractivity contribution in [3.63, 3.8) is 0 Å². The summed E-state index contributed by atoms with van der Waals surface area (Å²) in [6, 6.07) is 6.02. The number of carbonyl (C=O) groups excluding carboxylic acids is 2. The van der Waals surface area contributed by atoms with Crippen LogP contribution in [0.5, 0.6) is 5.75 Å². The van der Waals surface area contributed by atoms with Crippen LogP contribution in [0.2, 0.25) is 0 Å². The van der Waals surface area contributed by atoms with E-state index in [1.165, 1.54) is 12.8 Å². The molecule has 186 valence electrons.